The van der Waals surface area contributed by atoms with Crippen LogP contribution in [0.3, 0.4) is 0 Å². The Balaban J connectivity index is 2.21. The van der Waals surface area contributed by atoms with Gasteiger partial charge in [0, 0.05) is 5.56 Å². The van der Waals surface area contributed by atoms with Crippen molar-refractivity contribution in [3.8, 4) is 0 Å². The zero-order chi connectivity index (χ0) is 15.5. The number of carbonyl (C=O) groups excluding carboxylic acids is 1. The average Bonchev–Trinajstić information content (AvgIpc) is 2.68. The van der Waals surface area contributed by atoms with Gasteiger partial charge >= 0.3 is 5.97 Å². The SMILES string of the molecule is O=C(NC1(C(=O)O)CCCCCC1)c1ccc(F)c(Cl)c1. The molecular weight excluding hydrogens is 297 g/mol. The largest absolute Gasteiger partial charge is 0.480 e. The van der Waals surface area contributed by atoms with Gasteiger partial charge in [0.25, 0.3) is 5.91 Å². The summed E-state index contributed by atoms with van der Waals surface area (Å²) in [4.78, 5) is 23.9. The van der Waals surface area contributed by atoms with E-state index in [-0.39, 0.29) is 10.6 Å². The molecule has 21 heavy (non-hydrogen) atoms. The third kappa shape index (κ3) is 3.53. The van der Waals surface area contributed by atoms with Gasteiger partial charge in [0.2, 0.25) is 0 Å². The number of halogens is 2. The zero-order valence-corrected chi connectivity index (χ0v) is 12.3. The van der Waals surface area contributed by atoms with Crippen molar-refractivity contribution in [2.75, 3.05) is 0 Å². The molecule has 0 spiro atoms. The second-order valence-corrected chi connectivity index (χ2v) is 5.79. The summed E-state index contributed by atoms with van der Waals surface area (Å²) in [6.45, 7) is 0. The molecule has 1 saturated carbocycles. The first kappa shape index (κ1) is 15.8. The fourth-order valence-corrected chi connectivity index (χ4v) is 2.83. The quantitative estimate of drug-likeness (QED) is 0.841. The number of carboxylic acid groups (broad SMARTS) is 1. The van der Waals surface area contributed by atoms with Crippen LogP contribution in [-0.4, -0.2) is 22.5 Å². The van der Waals surface area contributed by atoms with E-state index in [9.17, 15) is 19.1 Å². The second kappa shape index (κ2) is 6.43. The maximum atomic E-state index is 13.1. The van der Waals surface area contributed by atoms with Gasteiger partial charge in [-0.3, -0.25) is 4.79 Å². The fraction of sp³-hybridized carbons (Fsp3) is 0.467. The zero-order valence-electron chi connectivity index (χ0n) is 11.5. The number of amides is 1. The number of hydrogen-bond donors (Lipinski definition) is 2. The molecule has 0 radical (unpaired) electrons. The summed E-state index contributed by atoms with van der Waals surface area (Å²) in [7, 11) is 0. The van der Waals surface area contributed by atoms with E-state index in [1.54, 1.807) is 0 Å². The number of carbonyl (C=O) groups is 2. The molecule has 1 aliphatic rings. The van der Waals surface area contributed by atoms with Crippen molar-refractivity contribution < 1.29 is 19.1 Å². The van der Waals surface area contributed by atoms with E-state index >= 15 is 0 Å². The minimum atomic E-state index is -1.24. The van der Waals surface area contributed by atoms with Crippen LogP contribution >= 0.6 is 11.6 Å². The molecule has 0 bridgehead atoms. The normalized spacial score (nSPS) is 17.8. The van der Waals surface area contributed by atoms with E-state index in [1.165, 1.54) is 12.1 Å². The molecule has 1 aromatic carbocycles. The Kier molecular flexibility index (Phi) is 4.83. The molecule has 114 valence electrons. The lowest BCUT2D eigenvalue weighted by Gasteiger charge is -2.29. The molecule has 0 heterocycles. The van der Waals surface area contributed by atoms with Gasteiger partial charge in [-0.25, -0.2) is 9.18 Å². The Morgan fingerprint density at radius 2 is 1.81 bits per heavy atom. The highest BCUT2D eigenvalue weighted by Gasteiger charge is 2.40. The molecule has 0 unspecified atom stereocenters. The first-order chi connectivity index (χ1) is 9.94. The van der Waals surface area contributed by atoms with Crippen LogP contribution in [0, 0.1) is 5.82 Å². The third-order valence-corrected chi connectivity index (χ3v) is 4.19. The Bertz CT molecular complexity index is 554. The van der Waals surface area contributed by atoms with Crippen molar-refractivity contribution in [2.45, 2.75) is 44.1 Å². The van der Waals surface area contributed by atoms with Gasteiger partial charge < -0.3 is 10.4 Å². The highest BCUT2D eigenvalue weighted by Crippen LogP contribution is 2.28. The third-order valence-electron chi connectivity index (χ3n) is 3.90. The Hall–Kier alpha value is -1.62. The van der Waals surface area contributed by atoms with Crippen LogP contribution in [0.25, 0.3) is 0 Å². The molecule has 2 N–H and O–H groups in total. The molecule has 1 fully saturated rings. The lowest BCUT2D eigenvalue weighted by Crippen LogP contribution is -2.54. The van der Waals surface area contributed by atoms with Crippen molar-refractivity contribution >= 4 is 23.5 Å². The summed E-state index contributed by atoms with van der Waals surface area (Å²) in [5.74, 6) is -2.18. The molecule has 6 heteroatoms. The monoisotopic (exact) mass is 313 g/mol. The van der Waals surface area contributed by atoms with Gasteiger partial charge in [-0.15, -0.1) is 0 Å². The maximum Gasteiger partial charge on any atom is 0.329 e. The maximum absolute atomic E-state index is 13.1. The van der Waals surface area contributed by atoms with Crippen molar-refractivity contribution in [1.29, 1.82) is 0 Å². The van der Waals surface area contributed by atoms with Crippen molar-refractivity contribution in [3.63, 3.8) is 0 Å². The van der Waals surface area contributed by atoms with Crippen molar-refractivity contribution in [2.24, 2.45) is 0 Å². The first-order valence-corrected chi connectivity index (χ1v) is 7.33. The topological polar surface area (TPSA) is 66.4 Å². The van der Waals surface area contributed by atoms with Crippen molar-refractivity contribution in [3.05, 3.63) is 34.6 Å². The van der Waals surface area contributed by atoms with Gasteiger partial charge in [-0.05, 0) is 31.0 Å². The first-order valence-electron chi connectivity index (χ1n) is 6.95. The van der Waals surface area contributed by atoms with Crippen LogP contribution in [-0.2, 0) is 4.79 Å². The minimum absolute atomic E-state index is 0.159. The molecule has 2 rings (SSSR count). The molecular formula is C15H17ClFNO3. The van der Waals surface area contributed by atoms with Crippen LogP contribution in [0.1, 0.15) is 48.9 Å². The van der Waals surface area contributed by atoms with Gasteiger partial charge in [-0.2, -0.15) is 0 Å². The molecule has 1 amide bonds. The number of rotatable bonds is 3. The smallest absolute Gasteiger partial charge is 0.329 e. The highest BCUT2D eigenvalue weighted by atomic mass is 35.5. The summed E-state index contributed by atoms with van der Waals surface area (Å²) in [5.41, 5.74) is -1.08. The van der Waals surface area contributed by atoms with Crippen molar-refractivity contribution in [1.82, 2.24) is 5.32 Å². The number of benzene rings is 1. The van der Waals surface area contributed by atoms with Crippen LogP contribution < -0.4 is 5.32 Å². The molecule has 4 nitrogen and oxygen atoms in total. The summed E-state index contributed by atoms with van der Waals surface area (Å²) in [5, 5.41) is 12.0. The summed E-state index contributed by atoms with van der Waals surface area (Å²) in [6, 6.07) is 3.60. The second-order valence-electron chi connectivity index (χ2n) is 5.38. The standard InChI is InChI=1S/C15H17ClFNO3/c16-11-9-10(5-6-12(11)17)13(19)18-15(14(20)21)7-3-1-2-4-8-15/h5-6,9H,1-4,7-8H2,(H,18,19)(H,20,21). The molecule has 1 aliphatic carbocycles. The lowest BCUT2D eigenvalue weighted by molar-refractivity contribution is -0.145. The number of nitrogens with one attached hydrogen (secondary N) is 1. The predicted octanol–water partition coefficient (Wildman–Crippen LogP) is 3.39. The lowest BCUT2D eigenvalue weighted by atomic mass is 9.90. The number of carboxylic acids is 1. The minimum Gasteiger partial charge on any atom is -0.480 e. The van der Waals surface area contributed by atoms with E-state index in [0.717, 1.165) is 31.7 Å². The number of hydrogen-bond acceptors (Lipinski definition) is 2. The van der Waals surface area contributed by atoms with Gasteiger partial charge in [0.1, 0.15) is 11.4 Å². The van der Waals surface area contributed by atoms with Gasteiger partial charge in [0.15, 0.2) is 0 Å². The Labute approximate surface area is 127 Å². The molecule has 0 saturated heterocycles. The van der Waals surface area contributed by atoms with E-state index in [4.69, 9.17) is 11.6 Å². The van der Waals surface area contributed by atoms with Crippen LogP contribution in [0.5, 0.6) is 0 Å². The molecule has 0 aromatic heterocycles. The van der Waals surface area contributed by atoms with Gasteiger partial charge in [-0.1, -0.05) is 37.3 Å². The van der Waals surface area contributed by atoms with Crippen LogP contribution in [0.15, 0.2) is 18.2 Å². The molecule has 0 atom stereocenters. The Morgan fingerprint density at radius 3 is 2.33 bits per heavy atom. The molecule has 1 aromatic rings. The van der Waals surface area contributed by atoms with Gasteiger partial charge in [0.05, 0.1) is 5.02 Å². The Morgan fingerprint density at radius 1 is 1.19 bits per heavy atom. The summed E-state index contributed by atoms with van der Waals surface area (Å²) in [6.07, 6.45) is 4.26. The predicted molar refractivity (Wildman–Crippen MR) is 76.9 cm³/mol. The average molecular weight is 314 g/mol. The summed E-state index contributed by atoms with van der Waals surface area (Å²) >= 11 is 5.65. The summed E-state index contributed by atoms with van der Waals surface area (Å²) < 4.78 is 13.1. The van der Waals surface area contributed by atoms with E-state index in [0.29, 0.717) is 12.8 Å². The van der Waals surface area contributed by atoms with E-state index in [1.807, 2.05) is 0 Å². The van der Waals surface area contributed by atoms with E-state index in [2.05, 4.69) is 5.32 Å². The van der Waals surface area contributed by atoms with Crippen LogP contribution in [0.2, 0.25) is 5.02 Å². The highest BCUT2D eigenvalue weighted by molar-refractivity contribution is 6.31. The fourth-order valence-electron chi connectivity index (χ4n) is 2.65. The molecule has 0 aliphatic heterocycles. The van der Waals surface area contributed by atoms with E-state index < -0.39 is 23.2 Å². The van der Waals surface area contributed by atoms with Crippen LogP contribution in [0.4, 0.5) is 4.39 Å². The number of aliphatic carboxylic acids is 1.